The summed E-state index contributed by atoms with van der Waals surface area (Å²) in [5.41, 5.74) is -3.50. The summed E-state index contributed by atoms with van der Waals surface area (Å²) >= 11 is 0. The van der Waals surface area contributed by atoms with Crippen LogP contribution in [0.25, 0.3) is 0 Å². The number of aldehydes is 1. The minimum atomic E-state index is -1.85. The van der Waals surface area contributed by atoms with Gasteiger partial charge < -0.3 is 93.8 Å². The summed E-state index contributed by atoms with van der Waals surface area (Å²) in [7, 11) is 0. The average Bonchev–Trinajstić information content (AvgIpc) is 4.17. The second-order valence-corrected chi connectivity index (χ2v) is 25.5. The van der Waals surface area contributed by atoms with Crippen molar-refractivity contribution in [3.63, 3.8) is 0 Å². The molecule has 416 valence electrons. The molecule has 27 atom stereocenters. The van der Waals surface area contributed by atoms with Gasteiger partial charge in [-0.25, -0.2) is 4.79 Å². The molecule has 10 rings (SSSR count). The van der Waals surface area contributed by atoms with Crippen molar-refractivity contribution in [2.24, 2.45) is 50.2 Å². The molecule has 0 bridgehead atoms. The van der Waals surface area contributed by atoms with Gasteiger partial charge in [0.15, 0.2) is 18.9 Å². The van der Waals surface area contributed by atoms with Crippen molar-refractivity contribution < 1.29 is 98.5 Å². The van der Waals surface area contributed by atoms with Gasteiger partial charge in [0.25, 0.3) is 0 Å². The Bertz CT molecular complexity index is 2220. The highest BCUT2D eigenvalue weighted by Gasteiger charge is 2.86. The maximum absolute atomic E-state index is 13.5. The molecule has 74 heavy (non-hydrogen) atoms. The molecule has 0 aromatic heterocycles. The van der Waals surface area contributed by atoms with Crippen LogP contribution in [0.4, 0.5) is 0 Å². The second-order valence-electron chi connectivity index (χ2n) is 25.5. The smallest absolute Gasteiger partial charge is 0.338 e. The maximum atomic E-state index is 13.5. The molecule has 5 aliphatic carbocycles. The standard InChI is InChI=1S/C54H80O20/c1-48(2)29-13-16-52(6)30(17-34-54(74-34)31-18-49(3,24-57)35(71-44(66)25-11-9-8-10-12-25)20-51(31,5)32(58)19-53(52,54)7)50(29,4)15-14-33(48)72-47-43(73-46-42(65)40(63)37(60)27(22-56)69-46)38(61)28(23-67-47)70-45-41(64)39(62)36(59)26(21-55)68-45/h8-12,24,26-43,45-47,55-56,58-65H,13-23H2,1-7H3/t26-,27+,28-,29+,30-,31-,32+,33+,34-,35+,36-,37-,38+,39+,40+,41-,42+,43+,45+,46+,47-,49+,50+,51+,52-,53+,54-/m1/s1. The summed E-state index contributed by atoms with van der Waals surface area (Å²) < 4.78 is 50.0. The molecule has 1 aromatic rings. The highest BCUT2D eigenvalue weighted by molar-refractivity contribution is 5.89. The Hall–Kier alpha value is -2.32. The summed E-state index contributed by atoms with van der Waals surface area (Å²) in [6.07, 6.45) is -18.8. The number of aliphatic hydroxyl groups is 10. The van der Waals surface area contributed by atoms with Crippen molar-refractivity contribution in [3.05, 3.63) is 35.9 Å². The van der Waals surface area contributed by atoms with Crippen molar-refractivity contribution in [2.45, 2.75) is 216 Å². The van der Waals surface area contributed by atoms with Gasteiger partial charge in [-0.05, 0) is 98.5 Å². The first-order valence-electron chi connectivity index (χ1n) is 26.8. The highest BCUT2D eigenvalue weighted by atomic mass is 16.8. The van der Waals surface area contributed by atoms with Crippen LogP contribution in [0.3, 0.4) is 0 Å². The lowest BCUT2D eigenvalue weighted by atomic mass is 9.31. The van der Waals surface area contributed by atoms with E-state index in [0.29, 0.717) is 31.2 Å². The second kappa shape index (κ2) is 19.2. The van der Waals surface area contributed by atoms with Gasteiger partial charge >= 0.3 is 5.97 Å². The molecular formula is C54H80O20. The van der Waals surface area contributed by atoms with Crippen LogP contribution in [0.15, 0.2) is 30.3 Å². The number of aliphatic hydroxyl groups excluding tert-OH is 10. The van der Waals surface area contributed by atoms with Crippen LogP contribution in [0.2, 0.25) is 0 Å². The Kier molecular flexibility index (Phi) is 14.3. The van der Waals surface area contributed by atoms with Gasteiger partial charge in [0.05, 0.1) is 49.1 Å². The summed E-state index contributed by atoms with van der Waals surface area (Å²) in [6.45, 7) is 13.5. The van der Waals surface area contributed by atoms with E-state index in [-0.39, 0.29) is 41.3 Å². The van der Waals surface area contributed by atoms with Crippen LogP contribution in [0, 0.1) is 50.2 Å². The Labute approximate surface area is 431 Å². The Morgan fingerprint density at radius 1 is 0.662 bits per heavy atom. The minimum absolute atomic E-state index is 0.0918. The van der Waals surface area contributed by atoms with Gasteiger partial charge in [0.2, 0.25) is 0 Å². The van der Waals surface area contributed by atoms with Crippen LogP contribution in [-0.2, 0) is 42.7 Å². The molecule has 5 saturated carbocycles. The topological polar surface area (TPSA) is 314 Å². The number of benzene rings is 1. The molecular weight excluding hydrogens is 969 g/mol. The zero-order chi connectivity index (χ0) is 53.5. The molecule has 1 aromatic carbocycles. The third kappa shape index (κ3) is 8.08. The molecule has 4 heterocycles. The molecule has 10 N–H and O–H groups in total. The van der Waals surface area contributed by atoms with Gasteiger partial charge in [-0.3, -0.25) is 0 Å². The fraction of sp³-hybridized carbons (Fsp3) is 0.852. The quantitative estimate of drug-likeness (QED) is 0.0624. The maximum Gasteiger partial charge on any atom is 0.338 e. The third-order valence-corrected chi connectivity index (χ3v) is 21.5. The monoisotopic (exact) mass is 1050 g/mol. The van der Waals surface area contributed by atoms with E-state index in [9.17, 15) is 60.7 Å². The van der Waals surface area contributed by atoms with Gasteiger partial charge in [-0.1, -0.05) is 59.7 Å². The van der Waals surface area contributed by atoms with E-state index in [0.717, 1.165) is 32.0 Å². The molecule has 1 spiro atoms. The summed E-state index contributed by atoms with van der Waals surface area (Å²) in [6, 6.07) is 8.74. The Morgan fingerprint density at radius 3 is 1.89 bits per heavy atom. The van der Waals surface area contributed by atoms with E-state index >= 15 is 0 Å². The van der Waals surface area contributed by atoms with E-state index < -0.39 is 151 Å². The number of epoxide rings is 1. The van der Waals surface area contributed by atoms with Crippen LogP contribution in [0.1, 0.15) is 110 Å². The van der Waals surface area contributed by atoms with E-state index in [4.69, 9.17) is 37.9 Å². The van der Waals surface area contributed by atoms with Gasteiger partial charge in [0, 0.05) is 16.7 Å². The molecule has 4 saturated heterocycles. The van der Waals surface area contributed by atoms with Crippen molar-refractivity contribution >= 4 is 12.3 Å². The Morgan fingerprint density at radius 2 is 1.28 bits per heavy atom. The Balaban J connectivity index is 0.888. The average molecular weight is 1050 g/mol. The molecule has 20 heteroatoms. The molecule has 20 nitrogen and oxygen atoms in total. The molecule has 9 fully saturated rings. The molecule has 9 aliphatic rings. The first kappa shape index (κ1) is 55.0. The molecule has 0 amide bonds. The SMILES string of the molecule is CC1(C)[C@@H](O[C@H]2OC[C@@H](O[C@@H]3O[C@H](CO)[C@@H](O)[C@H](O)[C@H]3O)[C@H](O)[C@@H]2O[C@@H]2O[C@@H](CO)[C@@H](O)[C@H](O)[C@@H]2O)CC[C@]2(C)[C@H]3C[C@H]4O[C@]45[C@@H]4C[C@@](C)(C=O)[C@@H](OC(=O)c6ccccc6)C[C@]4(C)[C@@H](O)C[C@@]5(C)[C@]3(C)CC[C@@H]12. The van der Waals surface area contributed by atoms with Gasteiger partial charge in [-0.2, -0.15) is 0 Å². The lowest BCUT2D eigenvalue weighted by Crippen LogP contribution is -2.73. The lowest BCUT2D eigenvalue weighted by Gasteiger charge is -2.73. The van der Waals surface area contributed by atoms with Gasteiger partial charge in [0.1, 0.15) is 85.1 Å². The van der Waals surface area contributed by atoms with Crippen molar-refractivity contribution in [2.75, 3.05) is 19.8 Å². The van der Waals surface area contributed by atoms with Crippen molar-refractivity contribution in [1.82, 2.24) is 0 Å². The highest BCUT2D eigenvalue weighted by Crippen LogP contribution is 2.83. The summed E-state index contributed by atoms with van der Waals surface area (Å²) in [4.78, 5) is 26.7. The largest absolute Gasteiger partial charge is 0.458 e. The first-order chi connectivity index (χ1) is 34.8. The van der Waals surface area contributed by atoms with Crippen molar-refractivity contribution in [3.8, 4) is 0 Å². The van der Waals surface area contributed by atoms with Crippen LogP contribution >= 0.6 is 0 Å². The number of hydrogen-bond acceptors (Lipinski definition) is 20. The van der Waals surface area contributed by atoms with Crippen LogP contribution in [-0.4, -0.2) is 199 Å². The van der Waals surface area contributed by atoms with E-state index in [2.05, 4.69) is 41.5 Å². The molecule has 0 unspecified atom stereocenters. The third-order valence-electron chi connectivity index (χ3n) is 21.5. The number of esters is 1. The van der Waals surface area contributed by atoms with E-state index in [1.807, 2.05) is 13.0 Å². The van der Waals surface area contributed by atoms with Crippen LogP contribution < -0.4 is 0 Å². The lowest BCUT2D eigenvalue weighted by molar-refractivity contribution is -0.382. The number of rotatable bonds is 11. The van der Waals surface area contributed by atoms with E-state index in [1.165, 1.54) is 0 Å². The summed E-state index contributed by atoms with van der Waals surface area (Å²) in [5.74, 6) is -0.439. The predicted molar refractivity (Wildman–Crippen MR) is 255 cm³/mol. The van der Waals surface area contributed by atoms with Gasteiger partial charge in [-0.15, -0.1) is 0 Å². The normalized spacial score (nSPS) is 54.5. The fourth-order valence-corrected chi connectivity index (χ4v) is 16.9. The zero-order valence-corrected chi connectivity index (χ0v) is 43.4. The minimum Gasteiger partial charge on any atom is -0.458 e. The van der Waals surface area contributed by atoms with E-state index in [1.54, 1.807) is 24.3 Å². The first-order valence-corrected chi connectivity index (χ1v) is 26.8. The predicted octanol–water partition coefficient (Wildman–Crippen LogP) is 0.477. The number of hydrogen-bond donors (Lipinski definition) is 10. The summed E-state index contributed by atoms with van der Waals surface area (Å²) in [5, 5.41) is 108. The number of carbonyl (C=O) groups excluding carboxylic acids is 2. The number of ether oxygens (including phenoxy) is 8. The molecule has 0 radical (unpaired) electrons. The number of fused-ring (bicyclic) bond motifs is 5. The molecule has 4 aliphatic heterocycles. The van der Waals surface area contributed by atoms with Crippen LogP contribution in [0.5, 0.6) is 0 Å². The van der Waals surface area contributed by atoms with Crippen molar-refractivity contribution in [1.29, 1.82) is 0 Å². The zero-order valence-electron chi connectivity index (χ0n) is 43.4. The fourth-order valence-electron chi connectivity index (χ4n) is 16.9. The number of carbonyl (C=O) groups is 2.